The van der Waals surface area contributed by atoms with Gasteiger partial charge in [0, 0.05) is 23.3 Å². The minimum atomic E-state index is -0.406. The average molecular weight is 437 g/mol. The standard InChI is InChI=1S/C26H28O6/c1-14-6-5-9-26(2,3)17(14)11-16-22(31-4)13-23-24(25(16)30)20(29)12-21(32-23)15-7-8-18(27)19(28)10-15/h7-8,10,12-13,17,27-28,30H,1,5-6,9,11H2,2-4H3. The molecule has 2 aromatic carbocycles. The Morgan fingerprint density at radius 2 is 1.91 bits per heavy atom. The average Bonchev–Trinajstić information content (AvgIpc) is 2.73. The highest BCUT2D eigenvalue weighted by Gasteiger charge is 2.36. The molecule has 3 aromatic rings. The summed E-state index contributed by atoms with van der Waals surface area (Å²) in [5.74, 6) is 0.0680. The second kappa shape index (κ2) is 7.93. The van der Waals surface area contributed by atoms with Crippen LogP contribution in [0.4, 0.5) is 0 Å². The van der Waals surface area contributed by atoms with Crippen molar-refractivity contribution < 1.29 is 24.5 Å². The van der Waals surface area contributed by atoms with Crippen molar-refractivity contribution in [2.24, 2.45) is 11.3 Å². The van der Waals surface area contributed by atoms with Gasteiger partial charge < -0.3 is 24.5 Å². The van der Waals surface area contributed by atoms with Crippen molar-refractivity contribution in [1.29, 1.82) is 0 Å². The summed E-state index contributed by atoms with van der Waals surface area (Å²) in [6.07, 6.45) is 3.64. The minimum Gasteiger partial charge on any atom is -0.507 e. The van der Waals surface area contributed by atoms with E-state index in [0.29, 0.717) is 23.3 Å². The lowest BCUT2D eigenvalue weighted by atomic mass is 9.64. The Morgan fingerprint density at radius 1 is 1.16 bits per heavy atom. The number of allylic oxidation sites excluding steroid dienone is 1. The molecule has 1 aromatic heterocycles. The van der Waals surface area contributed by atoms with Gasteiger partial charge in [0.05, 0.1) is 7.11 Å². The third-order valence-corrected chi connectivity index (χ3v) is 6.70. The lowest BCUT2D eigenvalue weighted by molar-refractivity contribution is 0.187. The zero-order chi connectivity index (χ0) is 23.2. The summed E-state index contributed by atoms with van der Waals surface area (Å²) in [6.45, 7) is 8.69. The van der Waals surface area contributed by atoms with Gasteiger partial charge in [0.1, 0.15) is 28.2 Å². The number of phenols is 3. The molecule has 1 atom stereocenters. The van der Waals surface area contributed by atoms with Crippen LogP contribution in [-0.4, -0.2) is 22.4 Å². The molecule has 1 aliphatic carbocycles. The lowest BCUT2D eigenvalue weighted by Gasteiger charge is -2.40. The van der Waals surface area contributed by atoms with Gasteiger partial charge in [0.2, 0.25) is 0 Å². The maximum Gasteiger partial charge on any atom is 0.197 e. The van der Waals surface area contributed by atoms with Gasteiger partial charge in [-0.1, -0.05) is 26.0 Å². The van der Waals surface area contributed by atoms with E-state index in [1.807, 2.05) is 0 Å². The molecule has 1 heterocycles. The maximum absolute atomic E-state index is 13.0. The lowest BCUT2D eigenvalue weighted by Crippen LogP contribution is -2.31. The number of aromatic hydroxyl groups is 3. The van der Waals surface area contributed by atoms with Crippen molar-refractivity contribution >= 4 is 11.0 Å². The highest BCUT2D eigenvalue weighted by Crippen LogP contribution is 2.47. The molecule has 1 unspecified atom stereocenters. The molecule has 6 heteroatoms. The van der Waals surface area contributed by atoms with Crippen LogP contribution < -0.4 is 10.2 Å². The number of rotatable bonds is 4. The molecule has 32 heavy (non-hydrogen) atoms. The van der Waals surface area contributed by atoms with Crippen molar-refractivity contribution in [3.63, 3.8) is 0 Å². The molecular formula is C26H28O6. The zero-order valence-electron chi connectivity index (χ0n) is 18.6. The van der Waals surface area contributed by atoms with E-state index in [1.54, 1.807) is 6.07 Å². The number of hydrogen-bond donors (Lipinski definition) is 3. The van der Waals surface area contributed by atoms with Gasteiger partial charge in [-0.2, -0.15) is 0 Å². The van der Waals surface area contributed by atoms with Crippen molar-refractivity contribution in [3.8, 4) is 34.3 Å². The fourth-order valence-corrected chi connectivity index (χ4v) is 4.82. The maximum atomic E-state index is 13.0. The number of phenolic OH excluding ortho intramolecular Hbond substituents is 3. The first-order valence-corrected chi connectivity index (χ1v) is 10.7. The van der Waals surface area contributed by atoms with E-state index in [1.165, 1.54) is 31.4 Å². The molecule has 4 rings (SSSR count). The summed E-state index contributed by atoms with van der Waals surface area (Å²) in [7, 11) is 1.52. The number of fused-ring (bicyclic) bond motifs is 1. The smallest absolute Gasteiger partial charge is 0.197 e. The Balaban J connectivity index is 1.85. The van der Waals surface area contributed by atoms with Crippen LogP contribution in [0.3, 0.4) is 0 Å². The monoisotopic (exact) mass is 436 g/mol. The molecule has 1 fully saturated rings. The van der Waals surface area contributed by atoms with E-state index in [2.05, 4.69) is 20.4 Å². The number of ether oxygens (including phenoxy) is 1. The van der Waals surface area contributed by atoms with Crippen molar-refractivity contribution in [2.45, 2.75) is 39.5 Å². The van der Waals surface area contributed by atoms with Crippen LogP contribution >= 0.6 is 0 Å². The summed E-state index contributed by atoms with van der Waals surface area (Å²) in [5, 5.41) is 30.6. The second-order valence-electron chi connectivity index (χ2n) is 9.21. The van der Waals surface area contributed by atoms with Gasteiger partial charge in [-0.3, -0.25) is 4.79 Å². The van der Waals surface area contributed by atoms with Crippen LogP contribution in [0.25, 0.3) is 22.3 Å². The zero-order valence-corrected chi connectivity index (χ0v) is 18.6. The summed E-state index contributed by atoms with van der Waals surface area (Å²) in [6, 6.07) is 7.04. The van der Waals surface area contributed by atoms with E-state index in [9.17, 15) is 20.1 Å². The van der Waals surface area contributed by atoms with Crippen LogP contribution in [0, 0.1) is 11.3 Å². The fraction of sp³-hybridized carbons (Fsp3) is 0.346. The Hall–Kier alpha value is -3.41. The molecule has 0 aliphatic heterocycles. The molecule has 168 valence electrons. The highest BCUT2D eigenvalue weighted by atomic mass is 16.5. The first-order valence-electron chi connectivity index (χ1n) is 10.7. The first-order chi connectivity index (χ1) is 15.1. The molecule has 0 bridgehead atoms. The summed E-state index contributed by atoms with van der Waals surface area (Å²) >= 11 is 0. The highest BCUT2D eigenvalue weighted by molar-refractivity contribution is 5.88. The van der Waals surface area contributed by atoms with E-state index in [0.717, 1.165) is 24.8 Å². The number of methoxy groups -OCH3 is 1. The predicted octanol–water partition coefficient (Wildman–Crippen LogP) is 5.51. The number of hydrogen-bond acceptors (Lipinski definition) is 6. The molecule has 0 amide bonds. The van der Waals surface area contributed by atoms with Gasteiger partial charge in [-0.15, -0.1) is 0 Å². The van der Waals surface area contributed by atoms with Crippen LogP contribution in [0.5, 0.6) is 23.0 Å². The Morgan fingerprint density at radius 3 is 2.56 bits per heavy atom. The Bertz CT molecular complexity index is 1270. The quantitative estimate of drug-likeness (QED) is 0.368. The van der Waals surface area contributed by atoms with Crippen LogP contribution in [0.2, 0.25) is 0 Å². The van der Waals surface area contributed by atoms with Crippen LogP contribution in [0.15, 0.2) is 51.7 Å². The van der Waals surface area contributed by atoms with Gasteiger partial charge in [0.15, 0.2) is 16.9 Å². The Labute approximate surface area is 186 Å². The first kappa shape index (κ1) is 21.8. The van der Waals surface area contributed by atoms with Gasteiger partial charge in [-0.05, 0) is 55.2 Å². The molecule has 0 spiro atoms. The molecule has 0 radical (unpaired) electrons. The number of benzene rings is 2. The predicted molar refractivity (Wildman–Crippen MR) is 123 cm³/mol. The molecule has 0 saturated heterocycles. The van der Waals surface area contributed by atoms with E-state index < -0.39 is 5.43 Å². The van der Waals surface area contributed by atoms with E-state index in [4.69, 9.17) is 9.15 Å². The molecule has 6 nitrogen and oxygen atoms in total. The van der Waals surface area contributed by atoms with E-state index >= 15 is 0 Å². The largest absolute Gasteiger partial charge is 0.507 e. The SMILES string of the molecule is C=C1CCCC(C)(C)C1Cc1c(OC)cc2oc(-c3ccc(O)c(O)c3)cc(=O)c2c1O. The summed E-state index contributed by atoms with van der Waals surface area (Å²) in [4.78, 5) is 13.0. The minimum absolute atomic E-state index is 0.0249. The van der Waals surface area contributed by atoms with Crippen molar-refractivity contribution in [1.82, 2.24) is 0 Å². The Kier molecular flexibility index (Phi) is 5.41. The normalized spacial score (nSPS) is 18.1. The molecule has 1 aliphatic rings. The van der Waals surface area contributed by atoms with Crippen LogP contribution in [-0.2, 0) is 6.42 Å². The third kappa shape index (κ3) is 3.70. The topological polar surface area (TPSA) is 100 Å². The molecular weight excluding hydrogens is 408 g/mol. The van der Waals surface area contributed by atoms with Crippen molar-refractivity contribution in [2.75, 3.05) is 7.11 Å². The fourth-order valence-electron chi connectivity index (χ4n) is 4.82. The molecule has 1 saturated carbocycles. The summed E-state index contributed by atoms with van der Waals surface area (Å²) in [5.41, 5.74) is 1.94. The van der Waals surface area contributed by atoms with Crippen LogP contribution in [0.1, 0.15) is 38.7 Å². The third-order valence-electron chi connectivity index (χ3n) is 6.70. The van der Waals surface area contributed by atoms with Gasteiger partial charge in [0.25, 0.3) is 0 Å². The molecule has 3 N–H and O–H groups in total. The van der Waals surface area contributed by atoms with Gasteiger partial charge in [-0.25, -0.2) is 0 Å². The van der Waals surface area contributed by atoms with E-state index in [-0.39, 0.29) is 45.3 Å². The second-order valence-corrected chi connectivity index (χ2v) is 9.21. The van der Waals surface area contributed by atoms with Crippen molar-refractivity contribution in [3.05, 3.63) is 58.3 Å². The summed E-state index contributed by atoms with van der Waals surface area (Å²) < 4.78 is 11.5. The van der Waals surface area contributed by atoms with Gasteiger partial charge >= 0.3 is 0 Å².